The zero-order valence-corrected chi connectivity index (χ0v) is 12.1. The van der Waals surface area contributed by atoms with Crippen LogP contribution in [0.15, 0.2) is 0 Å². The zero-order valence-electron chi connectivity index (χ0n) is 12.1. The Balaban J connectivity index is 1.93. The summed E-state index contributed by atoms with van der Waals surface area (Å²) in [7, 11) is 2.18. The molecule has 3 unspecified atom stereocenters. The number of nitrogens with one attached hydrogen (secondary N) is 1. The quantitative estimate of drug-likeness (QED) is 0.817. The van der Waals surface area contributed by atoms with Crippen LogP contribution in [-0.4, -0.2) is 60.0 Å². The Bertz CT molecular complexity index is 305. The van der Waals surface area contributed by atoms with E-state index in [2.05, 4.69) is 42.9 Å². The van der Waals surface area contributed by atoms with Gasteiger partial charge < -0.3 is 15.1 Å². The molecule has 2 rings (SSSR count). The van der Waals surface area contributed by atoms with Gasteiger partial charge in [0.25, 0.3) is 0 Å². The molecule has 0 bridgehead atoms. The van der Waals surface area contributed by atoms with Crippen molar-refractivity contribution < 1.29 is 4.79 Å². The van der Waals surface area contributed by atoms with Crippen molar-refractivity contribution in [3.8, 4) is 0 Å². The maximum atomic E-state index is 12.4. The smallest absolute Gasteiger partial charge is 0.240 e. The number of hydrogen-bond acceptors (Lipinski definition) is 3. The van der Waals surface area contributed by atoms with Crippen LogP contribution < -0.4 is 5.32 Å². The fourth-order valence-corrected chi connectivity index (χ4v) is 3.17. The highest BCUT2D eigenvalue weighted by Gasteiger charge is 2.38. The highest BCUT2D eigenvalue weighted by atomic mass is 16.2. The summed E-state index contributed by atoms with van der Waals surface area (Å²) in [4.78, 5) is 16.9. The Kier molecular flexibility index (Phi) is 4.28. The molecule has 2 fully saturated rings. The first-order chi connectivity index (χ1) is 8.49. The van der Waals surface area contributed by atoms with Gasteiger partial charge >= 0.3 is 0 Å². The third kappa shape index (κ3) is 2.86. The molecule has 0 saturated carbocycles. The standard InChI is InChI=1S/C14H27N3O/c1-10(2)15-13-6-8-17(14(13)18)12-5-7-16(4)11(3)9-12/h10-13,15H,5-9H2,1-4H3. The van der Waals surface area contributed by atoms with Crippen molar-refractivity contribution in [2.75, 3.05) is 20.1 Å². The maximum absolute atomic E-state index is 12.4. The summed E-state index contributed by atoms with van der Waals surface area (Å²) in [5.41, 5.74) is 0. The second kappa shape index (κ2) is 5.57. The first kappa shape index (κ1) is 13.8. The molecule has 1 amide bonds. The van der Waals surface area contributed by atoms with E-state index >= 15 is 0 Å². The molecule has 0 aliphatic carbocycles. The van der Waals surface area contributed by atoms with Crippen LogP contribution in [0.1, 0.15) is 40.0 Å². The molecule has 2 saturated heterocycles. The second-order valence-corrected chi connectivity index (χ2v) is 6.20. The van der Waals surface area contributed by atoms with E-state index < -0.39 is 0 Å². The van der Waals surface area contributed by atoms with Crippen molar-refractivity contribution in [1.82, 2.24) is 15.1 Å². The molecule has 4 nitrogen and oxygen atoms in total. The highest BCUT2D eigenvalue weighted by molar-refractivity contribution is 5.84. The van der Waals surface area contributed by atoms with Crippen molar-refractivity contribution in [1.29, 1.82) is 0 Å². The van der Waals surface area contributed by atoms with Crippen molar-refractivity contribution in [3.63, 3.8) is 0 Å². The molecular weight excluding hydrogens is 226 g/mol. The van der Waals surface area contributed by atoms with Crippen molar-refractivity contribution in [3.05, 3.63) is 0 Å². The van der Waals surface area contributed by atoms with Gasteiger partial charge in [-0.25, -0.2) is 0 Å². The number of likely N-dealkylation sites (tertiary alicyclic amines) is 2. The lowest BCUT2D eigenvalue weighted by atomic mass is 9.98. The lowest BCUT2D eigenvalue weighted by Gasteiger charge is -2.39. The SMILES string of the molecule is CC(C)NC1CCN(C2CCN(C)C(C)C2)C1=O. The Hall–Kier alpha value is -0.610. The third-order valence-electron chi connectivity index (χ3n) is 4.40. The second-order valence-electron chi connectivity index (χ2n) is 6.20. The van der Waals surface area contributed by atoms with Gasteiger partial charge in [-0.3, -0.25) is 4.79 Å². The number of piperidine rings is 1. The predicted molar refractivity (Wildman–Crippen MR) is 73.5 cm³/mol. The van der Waals surface area contributed by atoms with Crippen LogP contribution in [0.3, 0.4) is 0 Å². The van der Waals surface area contributed by atoms with Gasteiger partial charge in [-0.2, -0.15) is 0 Å². The van der Waals surface area contributed by atoms with Gasteiger partial charge in [0.1, 0.15) is 0 Å². The van der Waals surface area contributed by atoms with Gasteiger partial charge in [-0.05, 0) is 33.2 Å². The minimum Gasteiger partial charge on any atom is -0.338 e. The van der Waals surface area contributed by atoms with Gasteiger partial charge in [-0.15, -0.1) is 0 Å². The Morgan fingerprint density at radius 1 is 1.28 bits per heavy atom. The van der Waals surface area contributed by atoms with Gasteiger partial charge in [0.15, 0.2) is 0 Å². The highest BCUT2D eigenvalue weighted by Crippen LogP contribution is 2.25. The summed E-state index contributed by atoms with van der Waals surface area (Å²) in [6.45, 7) is 8.51. The number of carbonyl (C=O) groups is 1. The summed E-state index contributed by atoms with van der Waals surface area (Å²) in [5, 5.41) is 3.38. The van der Waals surface area contributed by atoms with E-state index in [1.807, 2.05) is 0 Å². The average Bonchev–Trinajstić information content (AvgIpc) is 2.64. The molecule has 1 N–H and O–H groups in total. The van der Waals surface area contributed by atoms with E-state index in [4.69, 9.17) is 0 Å². The molecule has 0 aromatic rings. The summed E-state index contributed by atoms with van der Waals surface area (Å²) in [6, 6.07) is 1.49. The van der Waals surface area contributed by atoms with Crippen LogP contribution in [0, 0.1) is 0 Å². The largest absolute Gasteiger partial charge is 0.338 e. The van der Waals surface area contributed by atoms with E-state index in [1.54, 1.807) is 0 Å². The van der Waals surface area contributed by atoms with Gasteiger partial charge in [0.05, 0.1) is 6.04 Å². The first-order valence-electron chi connectivity index (χ1n) is 7.25. The lowest BCUT2D eigenvalue weighted by Crippen LogP contribution is -2.50. The third-order valence-corrected chi connectivity index (χ3v) is 4.40. The summed E-state index contributed by atoms with van der Waals surface area (Å²) < 4.78 is 0. The molecule has 2 heterocycles. The normalized spacial score (nSPS) is 34.6. The fraction of sp³-hybridized carbons (Fsp3) is 0.929. The minimum atomic E-state index is 0.0555. The van der Waals surface area contributed by atoms with Crippen LogP contribution in [0.25, 0.3) is 0 Å². The molecule has 0 spiro atoms. The van der Waals surface area contributed by atoms with Gasteiger partial charge in [-0.1, -0.05) is 13.8 Å². The van der Waals surface area contributed by atoms with Crippen LogP contribution in [0.5, 0.6) is 0 Å². The van der Waals surface area contributed by atoms with Crippen LogP contribution >= 0.6 is 0 Å². The molecule has 0 aromatic carbocycles. The number of amides is 1. The summed E-state index contributed by atoms with van der Waals surface area (Å²) >= 11 is 0. The summed E-state index contributed by atoms with van der Waals surface area (Å²) in [6.07, 6.45) is 3.22. The number of nitrogens with zero attached hydrogens (tertiary/aromatic N) is 2. The number of rotatable bonds is 3. The molecule has 4 heteroatoms. The topological polar surface area (TPSA) is 35.6 Å². The Morgan fingerprint density at radius 3 is 2.61 bits per heavy atom. The van der Waals surface area contributed by atoms with Crippen LogP contribution in [0.2, 0.25) is 0 Å². The summed E-state index contributed by atoms with van der Waals surface area (Å²) in [5.74, 6) is 0.324. The van der Waals surface area contributed by atoms with Gasteiger partial charge in [0, 0.05) is 31.2 Å². The van der Waals surface area contributed by atoms with Crippen molar-refractivity contribution in [2.24, 2.45) is 0 Å². The predicted octanol–water partition coefficient (Wildman–Crippen LogP) is 1.07. The molecule has 104 valence electrons. The molecule has 2 aliphatic rings. The molecule has 3 atom stereocenters. The maximum Gasteiger partial charge on any atom is 0.240 e. The van der Waals surface area contributed by atoms with Crippen LogP contribution in [0.4, 0.5) is 0 Å². The number of hydrogen-bond donors (Lipinski definition) is 1. The van der Waals surface area contributed by atoms with Gasteiger partial charge in [0.2, 0.25) is 5.91 Å². The first-order valence-corrected chi connectivity index (χ1v) is 7.25. The molecular formula is C14H27N3O. The minimum absolute atomic E-state index is 0.0555. The van der Waals surface area contributed by atoms with E-state index in [0.717, 1.165) is 32.4 Å². The molecule has 18 heavy (non-hydrogen) atoms. The Labute approximate surface area is 111 Å². The van der Waals surface area contributed by atoms with Crippen molar-refractivity contribution in [2.45, 2.75) is 64.2 Å². The Morgan fingerprint density at radius 2 is 2.00 bits per heavy atom. The van der Waals surface area contributed by atoms with Crippen molar-refractivity contribution >= 4 is 5.91 Å². The van der Waals surface area contributed by atoms with Crippen LogP contribution in [-0.2, 0) is 4.79 Å². The molecule has 0 aromatic heterocycles. The molecule has 0 radical (unpaired) electrons. The average molecular weight is 253 g/mol. The number of carbonyl (C=O) groups excluding carboxylic acids is 1. The fourth-order valence-electron chi connectivity index (χ4n) is 3.17. The lowest BCUT2D eigenvalue weighted by molar-refractivity contribution is -0.132. The van der Waals surface area contributed by atoms with E-state index in [-0.39, 0.29) is 6.04 Å². The monoisotopic (exact) mass is 253 g/mol. The van der Waals surface area contributed by atoms with E-state index in [0.29, 0.717) is 24.0 Å². The van der Waals surface area contributed by atoms with E-state index in [1.165, 1.54) is 0 Å². The molecule has 2 aliphatic heterocycles. The van der Waals surface area contributed by atoms with E-state index in [9.17, 15) is 4.79 Å². The zero-order chi connectivity index (χ0) is 13.3.